The Morgan fingerprint density at radius 1 is 1.09 bits per heavy atom. The second-order valence-electron chi connectivity index (χ2n) is 12.5. The van der Waals surface area contributed by atoms with Gasteiger partial charge >= 0.3 is 0 Å². The van der Waals surface area contributed by atoms with Gasteiger partial charge in [0, 0.05) is 22.9 Å². The van der Waals surface area contributed by atoms with E-state index < -0.39 is 40.3 Å². The molecular weight excluding hydrogens is 568 g/mol. The maximum atomic E-state index is 13.8. The lowest BCUT2D eigenvalue weighted by molar-refractivity contribution is -0.148. The minimum absolute atomic E-state index is 0.187. The van der Waals surface area contributed by atoms with E-state index in [0.29, 0.717) is 11.4 Å². The summed E-state index contributed by atoms with van der Waals surface area (Å²) in [4.78, 5) is 53.0. The molecular formula is C32H44N4O6S. The monoisotopic (exact) mass is 612 g/mol. The second-order valence-corrected chi connectivity index (χ2v) is 14.1. The van der Waals surface area contributed by atoms with Gasteiger partial charge in [0.05, 0.1) is 11.9 Å². The summed E-state index contributed by atoms with van der Waals surface area (Å²) in [5, 5.41) is 19.9. The zero-order valence-electron chi connectivity index (χ0n) is 26.2. The quantitative estimate of drug-likeness (QED) is 0.323. The number of carbonyl (C=O) groups is 4. The van der Waals surface area contributed by atoms with Crippen molar-refractivity contribution < 1.29 is 29.0 Å². The number of thioether (sulfide) groups is 1. The van der Waals surface area contributed by atoms with Gasteiger partial charge in [-0.25, -0.2) is 0 Å². The van der Waals surface area contributed by atoms with Crippen LogP contribution in [-0.2, 0) is 25.6 Å². The predicted molar refractivity (Wildman–Crippen MR) is 169 cm³/mol. The molecule has 0 radical (unpaired) electrons. The summed E-state index contributed by atoms with van der Waals surface area (Å²) in [5.41, 5.74) is 2.42. The van der Waals surface area contributed by atoms with Gasteiger partial charge in [0.25, 0.3) is 11.8 Å². The van der Waals surface area contributed by atoms with Crippen molar-refractivity contribution in [2.45, 2.75) is 90.3 Å². The van der Waals surface area contributed by atoms with Crippen LogP contribution in [0.5, 0.6) is 5.75 Å². The molecule has 1 heterocycles. The minimum Gasteiger partial charge on any atom is -0.483 e. The molecule has 43 heavy (non-hydrogen) atoms. The van der Waals surface area contributed by atoms with Gasteiger partial charge in [-0.3, -0.25) is 19.2 Å². The number of amides is 4. The van der Waals surface area contributed by atoms with Gasteiger partial charge in [0.15, 0.2) is 12.7 Å². The summed E-state index contributed by atoms with van der Waals surface area (Å²) in [6.07, 6.45) is -1.42. The van der Waals surface area contributed by atoms with Crippen molar-refractivity contribution >= 4 is 41.1 Å². The number of hydrogen-bond donors (Lipinski definition) is 4. The summed E-state index contributed by atoms with van der Waals surface area (Å²) < 4.78 is 5.26. The average Bonchev–Trinajstić information content (AvgIpc) is 3.21. The second kappa shape index (κ2) is 13.8. The Kier molecular flexibility index (Phi) is 10.9. The number of aliphatic hydroxyl groups is 1. The first kappa shape index (κ1) is 33.9. The van der Waals surface area contributed by atoms with Crippen LogP contribution in [0.4, 0.5) is 5.69 Å². The Bertz CT molecular complexity index is 1320. The van der Waals surface area contributed by atoms with Gasteiger partial charge in [-0.2, -0.15) is 0 Å². The van der Waals surface area contributed by atoms with E-state index in [4.69, 9.17) is 4.74 Å². The number of benzene rings is 2. The summed E-state index contributed by atoms with van der Waals surface area (Å²) >= 11 is 1.46. The maximum Gasteiger partial charge on any atom is 0.258 e. The third-order valence-corrected chi connectivity index (χ3v) is 8.36. The van der Waals surface area contributed by atoms with E-state index in [1.54, 1.807) is 12.1 Å². The lowest BCUT2D eigenvalue weighted by atomic mass is 9.96. The number of nitrogens with one attached hydrogen (secondary N) is 3. The van der Waals surface area contributed by atoms with Gasteiger partial charge in [0.1, 0.15) is 11.8 Å². The molecule has 10 nitrogen and oxygen atoms in total. The topological polar surface area (TPSA) is 137 Å². The molecule has 4 amide bonds. The molecule has 1 aliphatic heterocycles. The molecule has 4 N–H and O–H groups in total. The van der Waals surface area contributed by atoms with Crippen LogP contribution in [0.3, 0.4) is 0 Å². The Balaban J connectivity index is 1.79. The first-order valence-electron chi connectivity index (χ1n) is 14.3. The first-order valence-corrected chi connectivity index (χ1v) is 15.3. The molecule has 1 aliphatic rings. The van der Waals surface area contributed by atoms with Gasteiger partial charge in [0.2, 0.25) is 11.8 Å². The number of aliphatic hydroxyl groups excluding tert-OH is 1. The molecule has 1 fully saturated rings. The standard InChI is InChI=1S/C32H44N4O6S/c1-19-14-23(33-21(3)37)15-20(2)27(19)42-17-25(38)34-24(16-22-12-10-9-11-13-22)26(39)30(41)36-18-43-32(7,8)28(36)29(40)35-31(4,5)6/h9-15,24,26,28,39H,16-18H2,1-8H3,(H,33,37)(H,34,38)(H,35,40)/t24-,26-,28+/m0/s1. The van der Waals surface area contributed by atoms with E-state index >= 15 is 0 Å². The smallest absolute Gasteiger partial charge is 0.258 e. The zero-order chi connectivity index (χ0) is 32.1. The Morgan fingerprint density at radius 3 is 2.26 bits per heavy atom. The largest absolute Gasteiger partial charge is 0.483 e. The van der Waals surface area contributed by atoms with Crippen LogP contribution in [0.1, 0.15) is 58.2 Å². The van der Waals surface area contributed by atoms with Crippen molar-refractivity contribution in [2.24, 2.45) is 0 Å². The van der Waals surface area contributed by atoms with Gasteiger partial charge in [-0.05, 0) is 83.7 Å². The number of nitrogens with zero attached hydrogens (tertiary/aromatic N) is 1. The van der Waals surface area contributed by atoms with E-state index in [2.05, 4.69) is 16.0 Å². The Hall–Kier alpha value is -3.57. The minimum atomic E-state index is -1.61. The number of aryl methyl sites for hydroxylation is 2. The van der Waals surface area contributed by atoms with Crippen molar-refractivity contribution in [1.29, 1.82) is 0 Å². The average molecular weight is 613 g/mol. The van der Waals surface area contributed by atoms with Crippen LogP contribution in [0, 0.1) is 13.8 Å². The Morgan fingerprint density at radius 2 is 1.70 bits per heavy atom. The van der Waals surface area contributed by atoms with Crippen LogP contribution in [0.2, 0.25) is 0 Å². The molecule has 11 heteroatoms. The maximum absolute atomic E-state index is 13.8. The van der Waals surface area contributed by atoms with Crippen LogP contribution in [0.15, 0.2) is 42.5 Å². The van der Waals surface area contributed by atoms with Crippen molar-refractivity contribution in [3.05, 3.63) is 59.2 Å². The molecule has 0 unspecified atom stereocenters. The summed E-state index contributed by atoms with van der Waals surface area (Å²) in [6.45, 7) is 14.1. The van der Waals surface area contributed by atoms with E-state index in [1.165, 1.54) is 23.6 Å². The van der Waals surface area contributed by atoms with E-state index in [0.717, 1.165) is 16.7 Å². The molecule has 0 saturated carbocycles. The molecule has 1 saturated heterocycles. The third kappa shape index (κ3) is 9.21. The van der Waals surface area contributed by atoms with Crippen LogP contribution in [-0.4, -0.2) is 74.6 Å². The molecule has 0 bridgehead atoms. The van der Waals surface area contributed by atoms with Crippen molar-refractivity contribution in [2.75, 3.05) is 17.8 Å². The molecule has 0 aliphatic carbocycles. The van der Waals surface area contributed by atoms with E-state index in [1.807, 2.05) is 78.8 Å². The fraction of sp³-hybridized carbons (Fsp3) is 0.500. The zero-order valence-corrected chi connectivity index (χ0v) is 27.1. The van der Waals surface area contributed by atoms with Crippen LogP contribution in [0.25, 0.3) is 0 Å². The lowest BCUT2D eigenvalue weighted by Crippen LogP contribution is -2.60. The molecule has 0 aromatic heterocycles. The highest BCUT2D eigenvalue weighted by atomic mass is 32.2. The van der Waals surface area contributed by atoms with E-state index in [-0.39, 0.29) is 30.7 Å². The highest BCUT2D eigenvalue weighted by Gasteiger charge is 2.50. The summed E-state index contributed by atoms with van der Waals surface area (Å²) in [7, 11) is 0. The highest BCUT2D eigenvalue weighted by molar-refractivity contribution is 8.00. The number of hydrogen-bond acceptors (Lipinski definition) is 7. The molecule has 2 aromatic carbocycles. The molecule has 3 atom stereocenters. The molecule has 3 rings (SSSR count). The van der Waals surface area contributed by atoms with Crippen LogP contribution >= 0.6 is 11.8 Å². The lowest BCUT2D eigenvalue weighted by Gasteiger charge is -2.35. The summed E-state index contributed by atoms with van der Waals surface area (Å²) in [5.74, 6) is -0.903. The predicted octanol–water partition coefficient (Wildman–Crippen LogP) is 3.32. The van der Waals surface area contributed by atoms with Gasteiger partial charge in [-0.1, -0.05) is 30.3 Å². The fourth-order valence-corrected chi connectivity index (χ4v) is 6.28. The first-order chi connectivity index (χ1) is 20.0. The number of rotatable bonds is 10. The van der Waals surface area contributed by atoms with Crippen molar-refractivity contribution in [3.8, 4) is 5.75 Å². The third-order valence-electron chi connectivity index (χ3n) is 6.98. The van der Waals surface area contributed by atoms with Crippen molar-refractivity contribution in [3.63, 3.8) is 0 Å². The molecule has 0 spiro atoms. The normalized spacial score (nSPS) is 17.5. The highest BCUT2D eigenvalue weighted by Crippen LogP contribution is 2.40. The molecule has 2 aromatic rings. The number of ether oxygens (including phenoxy) is 1. The Labute approximate surface area is 258 Å². The number of anilines is 1. The van der Waals surface area contributed by atoms with Crippen molar-refractivity contribution in [1.82, 2.24) is 15.5 Å². The van der Waals surface area contributed by atoms with E-state index in [9.17, 15) is 24.3 Å². The fourth-order valence-electron chi connectivity index (χ4n) is 5.14. The summed E-state index contributed by atoms with van der Waals surface area (Å²) in [6, 6.07) is 11.0. The SMILES string of the molecule is CC(=O)Nc1cc(C)c(OCC(=O)N[C@@H](Cc2ccccc2)[C@H](O)C(=O)N2CSC(C)(C)[C@H]2C(=O)NC(C)(C)C)c(C)c1. The number of carbonyl (C=O) groups excluding carboxylic acids is 4. The van der Waals surface area contributed by atoms with Gasteiger partial charge < -0.3 is 30.7 Å². The van der Waals surface area contributed by atoms with Crippen LogP contribution < -0.4 is 20.7 Å². The molecule has 234 valence electrons. The van der Waals surface area contributed by atoms with Gasteiger partial charge in [-0.15, -0.1) is 11.8 Å².